The van der Waals surface area contributed by atoms with Crippen molar-refractivity contribution in [3.8, 4) is 0 Å². The molecular weight excluding hydrogens is 254 g/mol. The molecule has 0 unspecified atom stereocenters. The second-order valence-corrected chi connectivity index (χ2v) is 7.73. The molecular formula is C15H33N3O2. The van der Waals surface area contributed by atoms with Gasteiger partial charge in [-0.15, -0.1) is 0 Å². The largest absolute Gasteiger partial charge is 0.449 e. The van der Waals surface area contributed by atoms with Crippen LogP contribution in [0.2, 0.25) is 0 Å². The summed E-state index contributed by atoms with van der Waals surface area (Å²) in [4.78, 5) is 16.0. The third kappa shape index (κ3) is 10.0. The first-order valence-corrected chi connectivity index (χ1v) is 7.14. The first kappa shape index (κ1) is 19.2. The Morgan fingerprint density at radius 1 is 0.950 bits per heavy atom. The van der Waals surface area contributed by atoms with Crippen LogP contribution < -0.4 is 5.32 Å². The molecule has 0 aromatic rings. The number of carbonyl (C=O) groups is 1. The molecule has 0 fully saturated rings. The van der Waals surface area contributed by atoms with Crippen LogP contribution in [0, 0.1) is 10.8 Å². The molecule has 0 saturated carbocycles. The fourth-order valence-electron chi connectivity index (χ4n) is 2.44. The number of hydrogen-bond acceptors (Lipinski definition) is 4. The maximum atomic E-state index is 11.7. The van der Waals surface area contributed by atoms with Crippen molar-refractivity contribution in [3.63, 3.8) is 0 Å². The minimum absolute atomic E-state index is 0.0294. The Balaban J connectivity index is 4.06. The van der Waals surface area contributed by atoms with Crippen LogP contribution in [0.15, 0.2) is 0 Å². The molecule has 0 spiro atoms. The minimum atomic E-state index is -0.330. The zero-order valence-electron chi connectivity index (χ0n) is 14.5. The van der Waals surface area contributed by atoms with Gasteiger partial charge in [0.15, 0.2) is 0 Å². The predicted octanol–water partition coefficient (Wildman–Crippen LogP) is 1.89. The highest BCUT2D eigenvalue weighted by Crippen LogP contribution is 2.17. The van der Waals surface area contributed by atoms with Crippen molar-refractivity contribution >= 4 is 6.09 Å². The molecule has 120 valence electrons. The van der Waals surface area contributed by atoms with Crippen molar-refractivity contribution in [3.05, 3.63) is 0 Å². The molecule has 0 heterocycles. The molecule has 0 saturated heterocycles. The number of rotatable bonds is 8. The van der Waals surface area contributed by atoms with E-state index in [4.69, 9.17) is 4.74 Å². The molecule has 0 aliphatic rings. The summed E-state index contributed by atoms with van der Waals surface area (Å²) in [5, 5.41) is 2.85. The van der Waals surface area contributed by atoms with Gasteiger partial charge in [-0.05, 0) is 33.6 Å². The summed E-state index contributed by atoms with van der Waals surface area (Å²) in [5.41, 5.74) is -0.0122. The third-order valence-electron chi connectivity index (χ3n) is 2.79. The molecule has 0 bridgehead atoms. The van der Waals surface area contributed by atoms with Gasteiger partial charge in [0.25, 0.3) is 0 Å². The average Bonchev–Trinajstić information content (AvgIpc) is 2.20. The number of nitrogens with one attached hydrogen (secondary N) is 1. The number of ether oxygens (including phenoxy) is 1. The van der Waals surface area contributed by atoms with Crippen LogP contribution in [-0.2, 0) is 4.74 Å². The van der Waals surface area contributed by atoms with Crippen LogP contribution in [0.25, 0.3) is 0 Å². The van der Waals surface area contributed by atoms with Crippen LogP contribution in [0.1, 0.15) is 27.7 Å². The van der Waals surface area contributed by atoms with Gasteiger partial charge in [-0.3, -0.25) is 0 Å². The van der Waals surface area contributed by atoms with Crippen LogP contribution in [0.3, 0.4) is 0 Å². The van der Waals surface area contributed by atoms with Crippen LogP contribution in [0.5, 0.6) is 0 Å². The SMILES string of the molecule is CN(C)CC(C)(C)CNC(=O)OCC(C)(C)CN(C)C. The van der Waals surface area contributed by atoms with E-state index in [1.54, 1.807) is 0 Å². The van der Waals surface area contributed by atoms with Crippen molar-refractivity contribution in [1.29, 1.82) is 0 Å². The summed E-state index contributed by atoms with van der Waals surface area (Å²) in [6.45, 7) is 11.3. The Hall–Kier alpha value is -0.810. The number of alkyl carbamates (subject to hydrolysis) is 1. The van der Waals surface area contributed by atoms with E-state index < -0.39 is 0 Å². The van der Waals surface area contributed by atoms with Gasteiger partial charge >= 0.3 is 6.09 Å². The van der Waals surface area contributed by atoms with E-state index in [1.165, 1.54) is 0 Å². The van der Waals surface area contributed by atoms with Crippen molar-refractivity contribution in [1.82, 2.24) is 15.1 Å². The van der Waals surface area contributed by atoms with Crippen LogP contribution >= 0.6 is 0 Å². The zero-order valence-corrected chi connectivity index (χ0v) is 14.5. The number of amides is 1. The number of carbonyl (C=O) groups excluding carboxylic acids is 1. The molecule has 0 aliphatic carbocycles. The van der Waals surface area contributed by atoms with Crippen molar-refractivity contribution in [2.24, 2.45) is 10.8 Å². The smallest absolute Gasteiger partial charge is 0.407 e. The lowest BCUT2D eigenvalue weighted by molar-refractivity contribution is 0.0809. The highest BCUT2D eigenvalue weighted by molar-refractivity contribution is 5.67. The third-order valence-corrected chi connectivity index (χ3v) is 2.79. The summed E-state index contributed by atoms with van der Waals surface area (Å²) >= 11 is 0. The number of hydrogen-bond donors (Lipinski definition) is 1. The molecule has 20 heavy (non-hydrogen) atoms. The molecule has 1 N–H and O–H groups in total. The first-order chi connectivity index (χ1) is 8.93. The summed E-state index contributed by atoms with van der Waals surface area (Å²) in [6.07, 6.45) is -0.330. The quantitative estimate of drug-likeness (QED) is 0.740. The van der Waals surface area contributed by atoms with Gasteiger partial charge in [0.05, 0.1) is 6.61 Å². The highest BCUT2D eigenvalue weighted by Gasteiger charge is 2.23. The second kappa shape index (κ2) is 7.84. The van der Waals surface area contributed by atoms with Gasteiger partial charge in [-0.1, -0.05) is 27.7 Å². The lowest BCUT2D eigenvalue weighted by atomic mass is 9.93. The van der Waals surface area contributed by atoms with Gasteiger partial charge in [0.1, 0.15) is 0 Å². The topological polar surface area (TPSA) is 44.8 Å². The molecule has 5 nitrogen and oxygen atoms in total. The molecule has 0 radical (unpaired) electrons. The lowest BCUT2D eigenvalue weighted by Gasteiger charge is -2.29. The summed E-state index contributed by atoms with van der Waals surface area (Å²) in [7, 11) is 8.10. The Labute approximate surface area is 124 Å². The maximum Gasteiger partial charge on any atom is 0.407 e. The van der Waals surface area contributed by atoms with E-state index in [0.717, 1.165) is 13.1 Å². The average molecular weight is 287 g/mol. The molecule has 0 rings (SSSR count). The van der Waals surface area contributed by atoms with Crippen molar-refractivity contribution < 1.29 is 9.53 Å². The van der Waals surface area contributed by atoms with Gasteiger partial charge in [-0.25, -0.2) is 4.79 Å². The first-order valence-electron chi connectivity index (χ1n) is 7.14. The Morgan fingerprint density at radius 2 is 1.40 bits per heavy atom. The summed E-state index contributed by atoms with van der Waals surface area (Å²) in [5.74, 6) is 0. The lowest BCUT2D eigenvalue weighted by Crippen LogP contribution is -2.41. The fourth-order valence-corrected chi connectivity index (χ4v) is 2.44. The maximum absolute atomic E-state index is 11.7. The molecule has 0 aromatic heterocycles. The Kier molecular flexibility index (Phi) is 7.52. The summed E-state index contributed by atoms with van der Waals surface area (Å²) in [6, 6.07) is 0. The molecule has 5 heteroatoms. The van der Waals surface area contributed by atoms with E-state index in [1.807, 2.05) is 28.2 Å². The molecule has 0 aromatic carbocycles. The normalized spacial score (nSPS) is 12.9. The van der Waals surface area contributed by atoms with Gasteiger partial charge < -0.3 is 19.9 Å². The van der Waals surface area contributed by atoms with E-state index in [2.05, 4.69) is 42.8 Å². The van der Waals surface area contributed by atoms with E-state index in [0.29, 0.717) is 13.2 Å². The second-order valence-electron chi connectivity index (χ2n) is 7.73. The van der Waals surface area contributed by atoms with E-state index in [9.17, 15) is 4.79 Å². The van der Waals surface area contributed by atoms with Gasteiger partial charge in [0, 0.05) is 25.0 Å². The zero-order chi connectivity index (χ0) is 16.0. The molecule has 0 atom stereocenters. The van der Waals surface area contributed by atoms with Gasteiger partial charge in [-0.2, -0.15) is 0 Å². The minimum Gasteiger partial charge on any atom is -0.449 e. The highest BCUT2D eigenvalue weighted by atomic mass is 16.5. The van der Waals surface area contributed by atoms with Gasteiger partial charge in [0.2, 0.25) is 0 Å². The van der Waals surface area contributed by atoms with Crippen LogP contribution in [-0.4, -0.2) is 70.3 Å². The van der Waals surface area contributed by atoms with E-state index in [-0.39, 0.29) is 16.9 Å². The standard InChI is InChI=1S/C15H33N3O2/c1-14(2,10-17(5)6)9-16-13(19)20-12-15(3,4)11-18(7)8/h9-12H2,1-8H3,(H,16,19). The van der Waals surface area contributed by atoms with Crippen LogP contribution in [0.4, 0.5) is 4.79 Å². The molecule has 1 amide bonds. The molecule has 0 aliphatic heterocycles. The Bertz CT molecular complexity index is 271. The Morgan fingerprint density at radius 3 is 1.85 bits per heavy atom. The summed E-state index contributed by atoms with van der Waals surface area (Å²) < 4.78 is 5.32. The number of nitrogens with zero attached hydrogens (tertiary/aromatic N) is 2. The fraction of sp³-hybridized carbons (Fsp3) is 0.933. The van der Waals surface area contributed by atoms with Crippen molar-refractivity contribution in [2.75, 3.05) is 54.4 Å². The van der Waals surface area contributed by atoms with Crippen molar-refractivity contribution in [2.45, 2.75) is 27.7 Å². The predicted molar refractivity (Wildman–Crippen MR) is 84.0 cm³/mol. The monoisotopic (exact) mass is 287 g/mol. The van der Waals surface area contributed by atoms with E-state index >= 15 is 0 Å².